The second-order valence-corrected chi connectivity index (χ2v) is 7.66. The van der Waals surface area contributed by atoms with E-state index in [1.165, 1.54) is 17.1 Å². The molecule has 9 heteroatoms. The molecule has 130 valence electrons. The number of carbonyl (C=O) groups excluding carboxylic acids is 1. The van der Waals surface area contributed by atoms with Crippen LogP contribution in [0.2, 0.25) is 0 Å². The molecule has 0 radical (unpaired) electrons. The van der Waals surface area contributed by atoms with Crippen molar-refractivity contribution < 1.29 is 13.2 Å². The molecule has 1 amide bonds. The number of carbonyl (C=O) groups is 1. The number of piperazine rings is 1. The van der Waals surface area contributed by atoms with Gasteiger partial charge in [-0.2, -0.15) is 12.7 Å². The molecule has 7 nitrogen and oxygen atoms in total. The van der Waals surface area contributed by atoms with Crippen LogP contribution in [0.1, 0.15) is 26.2 Å². The number of halogens is 1. The van der Waals surface area contributed by atoms with Gasteiger partial charge in [0.2, 0.25) is 5.91 Å². The van der Waals surface area contributed by atoms with Gasteiger partial charge in [-0.3, -0.25) is 4.79 Å². The van der Waals surface area contributed by atoms with Gasteiger partial charge in [-0.15, -0.1) is 12.4 Å². The number of amides is 1. The summed E-state index contributed by atoms with van der Waals surface area (Å²) in [5, 5.41) is 8.48. The lowest BCUT2D eigenvalue weighted by molar-refractivity contribution is -0.133. The third-order valence-corrected chi connectivity index (χ3v) is 5.67. The lowest BCUT2D eigenvalue weighted by Crippen LogP contribution is -2.52. The molecule has 2 aliphatic heterocycles. The Kier molecular flexibility index (Phi) is 7.54. The highest BCUT2D eigenvalue weighted by Gasteiger charge is 2.28. The van der Waals surface area contributed by atoms with Crippen molar-refractivity contribution in [2.75, 3.05) is 39.3 Å². The summed E-state index contributed by atoms with van der Waals surface area (Å²) in [6.07, 6.45) is 2.90. The van der Waals surface area contributed by atoms with Crippen molar-refractivity contribution in [1.29, 1.82) is 0 Å². The first-order valence-electron chi connectivity index (χ1n) is 7.64. The zero-order valence-corrected chi connectivity index (χ0v) is 14.7. The summed E-state index contributed by atoms with van der Waals surface area (Å²) in [4.78, 5) is 14.1. The van der Waals surface area contributed by atoms with Crippen LogP contribution in [-0.4, -0.2) is 62.8 Å². The highest BCUT2D eigenvalue weighted by Crippen LogP contribution is 2.23. The van der Waals surface area contributed by atoms with Crippen LogP contribution in [0, 0.1) is 11.8 Å². The normalized spacial score (nSPS) is 25.4. The van der Waals surface area contributed by atoms with Crippen LogP contribution < -0.4 is 10.5 Å². The number of hydrogen-bond donors (Lipinski definition) is 2. The molecule has 2 aliphatic rings. The number of nitrogens with one attached hydrogen (secondary N) is 1. The van der Waals surface area contributed by atoms with Gasteiger partial charge < -0.3 is 10.2 Å². The van der Waals surface area contributed by atoms with E-state index in [0.717, 1.165) is 13.1 Å². The zero-order chi connectivity index (χ0) is 15.5. The van der Waals surface area contributed by atoms with Crippen molar-refractivity contribution in [1.82, 2.24) is 14.5 Å². The van der Waals surface area contributed by atoms with Crippen LogP contribution in [0.25, 0.3) is 0 Å². The molecule has 0 aromatic heterocycles. The maximum Gasteiger partial charge on any atom is 0.277 e. The molecule has 0 spiro atoms. The quantitative estimate of drug-likeness (QED) is 0.729. The minimum atomic E-state index is -3.63. The zero-order valence-electron chi connectivity index (χ0n) is 13.0. The van der Waals surface area contributed by atoms with Gasteiger partial charge in [0.05, 0.1) is 0 Å². The molecular weight excluding hydrogens is 328 g/mol. The Morgan fingerprint density at radius 2 is 1.95 bits per heavy atom. The molecule has 2 rings (SSSR count). The van der Waals surface area contributed by atoms with Gasteiger partial charge in [0.15, 0.2) is 0 Å². The minimum absolute atomic E-state index is 0. The van der Waals surface area contributed by atoms with Crippen LogP contribution in [0.4, 0.5) is 0 Å². The van der Waals surface area contributed by atoms with Crippen LogP contribution in [-0.2, 0) is 15.0 Å². The average Bonchev–Trinajstić information content (AvgIpc) is 2.47. The van der Waals surface area contributed by atoms with E-state index in [4.69, 9.17) is 5.14 Å². The van der Waals surface area contributed by atoms with Gasteiger partial charge in [-0.25, -0.2) is 5.14 Å². The summed E-state index contributed by atoms with van der Waals surface area (Å²) in [5.41, 5.74) is 0. The number of nitrogens with zero attached hydrogens (tertiary/aromatic N) is 2. The van der Waals surface area contributed by atoms with E-state index in [1.54, 1.807) is 4.90 Å². The molecule has 2 fully saturated rings. The molecule has 2 atom stereocenters. The standard InChI is InChI=1S/C13H26N4O3S.ClH/c1-11(12-3-2-4-15-10-12)9-13(18)16-5-7-17(8-6-16)21(14,19)20;/h11-12,15H,2-10H2,1H3,(H2,14,19,20);1H. The summed E-state index contributed by atoms with van der Waals surface area (Å²) in [7, 11) is -3.63. The van der Waals surface area contributed by atoms with Crippen molar-refractivity contribution >= 4 is 28.5 Å². The predicted octanol–water partition coefficient (Wildman–Crippen LogP) is -0.218. The number of piperidine rings is 1. The van der Waals surface area contributed by atoms with E-state index in [-0.39, 0.29) is 18.3 Å². The van der Waals surface area contributed by atoms with Gasteiger partial charge >= 0.3 is 0 Å². The van der Waals surface area contributed by atoms with Crippen molar-refractivity contribution in [3.63, 3.8) is 0 Å². The maximum atomic E-state index is 12.3. The fourth-order valence-corrected chi connectivity index (χ4v) is 3.80. The van der Waals surface area contributed by atoms with Gasteiger partial charge in [0.1, 0.15) is 0 Å². The molecule has 2 heterocycles. The van der Waals surface area contributed by atoms with Crippen LogP contribution in [0.15, 0.2) is 0 Å². The topological polar surface area (TPSA) is 95.7 Å². The Hall–Kier alpha value is -0.410. The Morgan fingerprint density at radius 3 is 2.45 bits per heavy atom. The Labute approximate surface area is 139 Å². The van der Waals surface area contributed by atoms with Gasteiger partial charge in [-0.1, -0.05) is 6.92 Å². The third-order valence-electron chi connectivity index (χ3n) is 4.59. The van der Waals surface area contributed by atoms with E-state index < -0.39 is 10.2 Å². The first kappa shape index (κ1) is 19.6. The fourth-order valence-electron chi connectivity index (χ4n) is 3.13. The molecule has 0 bridgehead atoms. The van der Waals surface area contributed by atoms with E-state index in [2.05, 4.69) is 12.2 Å². The third kappa shape index (κ3) is 5.34. The maximum absolute atomic E-state index is 12.3. The van der Waals surface area contributed by atoms with Crippen molar-refractivity contribution in [3.05, 3.63) is 0 Å². The summed E-state index contributed by atoms with van der Waals surface area (Å²) in [6.45, 7) is 5.67. The van der Waals surface area contributed by atoms with E-state index >= 15 is 0 Å². The highest BCUT2D eigenvalue weighted by atomic mass is 35.5. The summed E-state index contributed by atoms with van der Waals surface area (Å²) in [5.74, 6) is 1.05. The van der Waals surface area contributed by atoms with E-state index in [1.807, 2.05) is 0 Å². The SMILES string of the molecule is CC(CC(=O)N1CCN(S(N)(=O)=O)CC1)C1CCCNC1.Cl. The van der Waals surface area contributed by atoms with Crippen molar-refractivity contribution in [2.45, 2.75) is 26.2 Å². The molecule has 0 saturated carbocycles. The summed E-state index contributed by atoms with van der Waals surface area (Å²) in [6, 6.07) is 0. The van der Waals surface area contributed by atoms with Crippen LogP contribution in [0.3, 0.4) is 0 Å². The molecule has 0 aromatic carbocycles. The van der Waals surface area contributed by atoms with Gasteiger partial charge in [-0.05, 0) is 37.8 Å². The van der Waals surface area contributed by atoms with Crippen LogP contribution >= 0.6 is 12.4 Å². The van der Waals surface area contributed by atoms with Gasteiger partial charge in [0, 0.05) is 32.6 Å². The summed E-state index contributed by atoms with van der Waals surface area (Å²) >= 11 is 0. The smallest absolute Gasteiger partial charge is 0.277 e. The predicted molar refractivity (Wildman–Crippen MR) is 87.9 cm³/mol. The lowest BCUT2D eigenvalue weighted by atomic mass is 9.85. The van der Waals surface area contributed by atoms with E-state index in [0.29, 0.717) is 44.4 Å². The molecule has 3 N–H and O–H groups in total. The molecule has 0 aromatic rings. The first-order chi connectivity index (χ1) is 9.88. The minimum Gasteiger partial charge on any atom is -0.340 e. The molecule has 22 heavy (non-hydrogen) atoms. The Balaban J connectivity index is 0.00000242. The Bertz CT molecular complexity index is 460. The first-order valence-corrected chi connectivity index (χ1v) is 9.14. The Morgan fingerprint density at radius 1 is 1.32 bits per heavy atom. The van der Waals surface area contributed by atoms with Crippen molar-refractivity contribution in [2.24, 2.45) is 17.0 Å². The number of rotatable bonds is 4. The molecule has 2 unspecified atom stereocenters. The summed E-state index contributed by atoms with van der Waals surface area (Å²) < 4.78 is 23.7. The number of hydrogen-bond acceptors (Lipinski definition) is 4. The van der Waals surface area contributed by atoms with E-state index in [9.17, 15) is 13.2 Å². The average molecular weight is 355 g/mol. The largest absolute Gasteiger partial charge is 0.340 e. The monoisotopic (exact) mass is 354 g/mol. The number of nitrogens with two attached hydrogens (primary N) is 1. The van der Waals surface area contributed by atoms with Crippen LogP contribution in [0.5, 0.6) is 0 Å². The highest BCUT2D eigenvalue weighted by molar-refractivity contribution is 7.86. The molecule has 2 saturated heterocycles. The molecular formula is C13H27ClN4O3S. The lowest BCUT2D eigenvalue weighted by Gasteiger charge is -2.34. The second-order valence-electron chi connectivity index (χ2n) is 6.11. The second kappa shape index (κ2) is 8.44. The van der Waals surface area contributed by atoms with Gasteiger partial charge in [0.25, 0.3) is 10.2 Å². The molecule has 0 aliphatic carbocycles. The fraction of sp³-hybridized carbons (Fsp3) is 0.923. The van der Waals surface area contributed by atoms with Crippen molar-refractivity contribution in [3.8, 4) is 0 Å².